The van der Waals surface area contributed by atoms with Gasteiger partial charge in [0.25, 0.3) is 0 Å². The lowest BCUT2D eigenvalue weighted by Gasteiger charge is -2.03. The van der Waals surface area contributed by atoms with Crippen LogP contribution in [0.4, 0.5) is 10.2 Å². The van der Waals surface area contributed by atoms with Crippen molar-refractivity contribution in [3.05, 3.63) is 35.1 Å². The van der Waals surface area contributed by atoms with Crippen LogP contribution < -0.4 is 5.73 Å². The van der Waals surface area contributed by atoms with Crippen LogP contribution in [0.25, 0.3) is 11.3 Å². The van der Waals surface area contributed by atoms with E-state index in [1.165, 1.54) is 6.07 Å². The summed E-state index contributed by atoms with van der Waals surface area (Å²) in [7, 11) is 0. The Morgan fingerprint density at radius 1 is 1.44 bits per heavy atom. The summed E-state index contributed by atoms with van der Waals surface area (Å²) in [5.41, 5.74) is 8.87. The number of rotatable bonds is 2. The summed E-state index contributed by atoms with van der Waals surface area (Å²) in [6.45, 7) is 3.73. The maximum atomic E-state index is 13.4. The number of nitrogen functional groups attached to an aromatic ring is 1. The first-order chi connectivity index (χ1) is 7.63. The van der Waals surface area contributed by atoms with E-state index in [1.54, 1.807) is 13.0 Å². The Kier molecular flexibility index (Phi) is 2.64. The molecule has 1 heterocycles. The van der Waals surface area contributed by atoms with Crippen LogP contribution in [0.15, 0.2) is 18.2 Å². The van der Waals surface area contributed by atoms with Gasteiger partial charge in [-0.1, -0.05) is 19.1 Å². The molecule has 2 aromatic rings. The molecular weight excluding hydrogens is 205 g/mol. The highest BCUT2D eigenvalue weighted by Crippen LogP contribution is 2.26. The highest BCUT2D eigenvalue weighted by Gasteiger charge is 2.11. The first-order valence-electron chi connectivity index (χ1n) is 5.22. The predicted octanol–water partition coefficient (Wildman–Crippen LogP) is 2.67. The van der Waals surface area contributed by atoms with Crippen molar-refractivity contribution in [2.24, 2.45) is 0 Å². The summed E-state index contributed by atoms with van der Waals surface area (Å²) in [6.07, 6.45) is 0.771. The molecule has 84 valence electrons. The molecule has 0 fully saturated rings. The number of aromatic nitrogens is 2. The van der Waals surface area contributed by atoms with Gasteiger partial charge in [-0.15, -0.1) is 0 Å². The van der Waals surface area contributed by atoms with E-state index in [9.17, 15) is 4.39 Å². The topological polar surface area (TPSA) is 54.7 Å². The van der Waals surface area contributed by atoms with Gasteiger partial charge >= 0.3 is 0 Å². The number of benzene rings is 1. The molecule has 0 radical (unpaired) electrons. The van der Waals surface area contributed by atoms with Crippen LogP contribution in [0.1, 0.15) is 18.1 Å². The molecule has 0 aliphatic rings. The number of H-pyrrole nitrogens is 1. The van der Waals surface area contributed by atoms with Gasteiger partial charge in [-0.05, 0) is 25.0 Å². The van der Waals surface area contributed by atoms with Gasteiger partial charge in [-0.25, -0.2) is 4.39 Å². The number of anilines is 1. The normalized spacial score (nSPS) is 10.7. The van der Waals surface area contributed by atoms with E-state index in [1.807, 2.05) is 13.0 Å². The summed E-state index contributed by atoms with van der Waals surface area (Å²) in [5.74, 6) is 0.270. The maximum absolute atomic E-state index is 13.4. The maximum Gasteiger partial charge on any atom is 0.149 e. The minimum atomic E-state index is -0.215. The van der Waals surface area contributed by atoms with E-state index in [4.69, 9.17) is 5.73 Å². The molecule has 2 rings (SSSR count). The van der Waals surface area contributed by atoms with Gasteiger partial charge < -0.3 is 5.73 Å². The van der Waals surface area contributed by atoms with Gasteiger partial charge in [0.2, 0.25) is 0 Å². The van der Waals surface area contributed by atoms with Crippen molar-refractivity contribution in [2.75, 3.05) is 5.73 Å². The lowest BCUT2D eigenvalue weighted by Crippen LogP contribution is -1.91. The van der Waals surface area contributed by atoms with E-state index in [2.05, 4.69) is 10.2 Å². The Labute approximate surface area is 93.5 Å². The third-order valence-electron chi connectivity index (χ3n) is 2.71. The highest BCUT2D eigenvalue weighted by molar-refractivity contribution is 5.68. The van der Waals surface area contributed by atoms with E-state index in [0.29, 0.717) is 11.4 Å². The quantitative estimate of drug-likeness (QED) is 0.815. The van der Waals surface area contributed by atoms with Gasteiger partial charge in [0.05, 0.1) is 5.69 Å². The molecule has 0 aliphatic carbocycles. The summed E-state index contributed by atoms with van der Waals surface area (Å²) in [5, 5.41) is 6.79. The minimum absolute atomic E-state index is 0.215. The zero-order valence-corrected chi connectivity index (χ0v) is 9.34. The van der Waals surface area contributed by atoms with Crippen molar-refractivity contribution in [3.63, 3.8) is 0 Å². The summed E-state index contributed by atoms with van der Waals surface area (Å²) in [4.78, 5) is 0. The fraction of sp³-hybridized carbons (Fsp3) is 0.250. The van der Waals surface area contributed by atoms with E-state index >= 15 is 0 Å². The van der Waals surface area contributed by atoms with Gasteiger partial charge in [0.1, 0.15) is 11.6 Å². The molecule has 1 aromatic heterocycles. The van der Waals surface area contributed by atoms with Crippen LogP contribution in [0, 0.1) is 12.7 Å². The molecule has 0 saturated heterocycles. The Morgan fingerprint density at radius 2 is 2.19 bits per heavy atom. The standard InChI is InChI=1S/C12H14FN3/c1-3-9-11(15-16-12(9)14)8-5-4-7(2)10(13)6-8/h4-6H,3H2,1-2H3,(H3,14,15,16). The molecule has 0 atom stereocenters. The Hall–Kier alpha value is -1.84. The molecule has 4 heteroatoms. The Morgan fingerprint density at radius 3 is 2.81 bits per heavy atom. The lowest BCUT2D eigenvalue weighted by atomic mass is 10.0. The number of hydrogen-bond donors (Lipinski definition) is 2. The van der Waals surface area contributed by atoms with Crippen molar-refractivity contribution in [1.82, 2.24) is 10.2 Å². The Balaban J connectivity index is 2.54. The second kappa shape index (κ2) is 3.96. The molecular formula is C12H14FN3. The first kappa shape index (κ1) is 10.7. The number of aromatic amines is 1. The van der Waals surface area contributed by atoms with Crippen LogP contribution in [0.5, 0.6) is 0 Å². The van der Waals surface area contributed by atoms with Gasteiger partial charge in [-0.2, -0.15) is 5.10 Å². The monoisotopic (exact) mass is 219 g/mol. The average Bonchev–Trinajstić information content (AvgIpc) is 2.63. The van der Waals surface area contributed by atoms with Crippen molar-refractivity contribution in [3.8, 4) is 11.3 Å². The zero-order chi connectivity index (χ0) is 11.7. The largest absolute Gasteiger partial charge is 0.382 e. The summed E-state index contributed by atoms with van der Waals surface area (Å²) >= 11 is 0. The first-order valence-corrected chi connectivity index (χ1v) is 5.22. The molecule has 0 aliphatic heterocycles. The fourth-order valence-electron chi connectivity index (χ4n) is 1.72. The van der Waals surface area contributed by atoms with Crippen molar-refractivity contribution >= 4 is 5.82 Å². The van der Waals surface area contributed by atoms with Crippen LogP contribution in [-0.2, 0) is 6.42 Å². The Bertz CT molecular complexity index is 517. The van der Waals surface area contributed by atoms with Crippen molar-refractivity contribution < 1.29 is 4.39 Å². The number of nitrogens with zero attached hydrogens (tertiary/aromatic N) is 1. The van der Waals surface area contributed by atoms with Crippen LogP contribution in [0.2, 0.25) is 0 Å². The van der Waals surface area contributed by atoms with Crippen molar-refractivity contribution in [2.45, 2.75) is 20.3 Å². The molecule has 1 aromatic carbocycles. The van der Waals surface area contributed by atoms with Crippen LogP contribution in [-0.4, -0.2) is 10.2 Å². The molecule has 0 amide bonds. The SMILES string of the molecule is CCc1c(N)n[nH]c1-c1ccc(C)c(F)c1. The molecule has 0 bridgehead atoms. The molecule has 3 nitrogen and oxygen atoms in total. The third-order valence-corrected chi connectivity index (χ3v) is 2.71. The number of hydrogen-bond acceptors (Lipinski definition) is 2. The second-order valence-electron chi connectivity index (χ2n) is 3.78. The lowest BCUT2D eigenvalue weighted by molar-refractivity contribution is 0.619. The predicted molar refractivity (Wildman–Crippen MR) is 62.5 cm³/mol. The van der Waals surface area contributed by atoms with E-state index in [-0.39, 0.29) is 5.82 Å². The number of nitrogens with two attached hydrogens (primary N) is 1. The molecule has 0 spiro atoms. The minimum Gasteiger partial charge on any atom is -0.382 e. The number of halogens is 1. The molecule has 0 saturated carbocycles. The van der Waals surface area contributed by atoms with Crippen LogP contribution >= 0.6 is 0 Å². The fourth-order valence-corrected chi connectivity index (χ4v) is 1.72. The highest BCUT2D eigenvalue weighted by atomic mass is 19.1. The van der Waals surface area contributed by atoms with Gasteiger partial charge in [0, 0.05) is 11.1 Å². The molecule has 16 heavy (non-hydrogen) atoms. The van der Waals surface area contributed by atoms with E-state index in [0.717, 1.165) is 23.2 Å². The van der Waals surface area contributed by atoms with Crippen LogP contribution in [0.3, 0.4) is 0 Å². The number of aryl methyl sites for hydroxylation is 1. The third kappa shape index (κ3) is 1.66. The van der Waals surface area contributed by atoms with Gasteiger partial charge in [-0.3, -0.25) is 5.10 Å². The van der Waals surface area contributed by atoms with E-state index < -0.39 is 0 Å². The summed E-state index contributed by atoms with van der Waals surface area (Å²) < 4.78 is 13.4. The average molecular weight is 219 g/mol. The smallest absolute Gasteiger partial charge is 0.149 e. The summed E-state index contributed by atoms with van der Waals surface area (Å²) in [6, 6.07) is 5.12. The molecule has 3 N–H and O–H groups in total. The van der Waals surface area contributed by atoms with Crippen molar-refractivity contribution in [1.29, 1.82) is 0 Å². The number of nitrogens with one attached hydrogen (secondary N) is 1. The van der Waals surface area contributed by atoms with Gasteiger partial charge in [0.15, 0.2) is 0 Å². The molecule has 0 unspecified atom stereocenters. The second-order valence-corrected chi connectivity index (χ2v) is 3.78. The zero-order valence-electron chi connectivity index (χ0n) is 9.34.